The van der Waals surface area contributed by atoms with Crippen molar-refractivity contribution in [3.05, 3.63) is 0 Å². The van der Waals surface area contributed by atoms with Crippen LogP contribution in [0.25, 0.3) is 0 Å². The summed E-state index contributed by atoms with van der Waals surface area (Å²) in [7, 11) is 1.71. The molecule has 1 atom stereocenters. The molecule has 1 rings (SSSR count). The van der Waals surface area contributed by atoms with Crippen molar-refractivity contribution in [3.63, 3.8) is 0 Å². The molecule has 1 aliphatic rings. The van der Waals surface area contributed by atoms with E-state index < -0.39 is 0 Å². The quantitative estimate of drug-likeness (QED) is 0.690. The average molecular weight is 186 g/mol. The summed E-state index contributed by atoms with van der Waals surface area (Å²) in [6.07, 6.45) is 5.03. The van der Waals surface area contributed by atoms with Gasteiger partial charge in [-0.1, -0.05) is 26.7 Å². The second-order valence-corrected chi connectivity index (χ2v) is 4.17. The van der Waals surface area contributed by atoms with Crippen LogP contribution >= 0.6 is 0 Å². The van der Waals surface area contributed by atoms with Gasteiger partial charge in [-0.25, -0.2) is 0 Å². The van der Waals surface area contributed by atoms with E-state index in [4.69, 9.17) is 4.74 Å². The van der Waals surface area contributed by atoms with E-state index >= 15 is 0 Å². The van der Waals surface area contributed by atoms with Gasteiger partial charge in [-0.2, -0.15) is 0 Å². The lowest BCUT2D eigenvalue weighted by Crippen LogP contribution is -2.43. The molecule has 0 heterocycles. The minimum atomic E-state index is -0.289. The molecule has 0 aliphatic heterocycles. The largest absolute Gasteiger partial charge is 0.390 e. The van der Waals surface area contributed by atoms with Gasteiger partial charge in [-0.15, -0.1) is 0 Å². The van der Waals surface area contributed by atoms with Crippen molar-refractivity contribution >= 4 is 0 Å². The lowest BCUT2D eigenvalue weighted by molar-refractivity contribution is -0.111. The molecule has 0 bridgehead atoms. The van der Waals surface area contributed by atoms with Crippen molar-refractivity contribution in [2.45, 2.75) is 57.7 Å². The van der Waals surface area contributed by atoms with Crippen LogP contribution in [-0.4, -0.2) is 23.9 Å². The van der Waals surface area contributed by atoms with E-state index in [1.165, 1.54) is 12.8 Å². The molecule has 1 aliphatic carbocycles. The third-order valence-corrected chi connectivity index (χ3v) is 3.46. The highest BCUT2D eigenvalue weighted by molar-refractivity contribution is 4.89. The first-order valence-electron chi connectivity index (χ1n) is 5.41. The van der Waals surface area contributed by atoms with Crippen molar-refractivity contribution in [3.8, 4) is 0 Å². The molecule has 0 spiro atoms. The molecule has 1 fully saturated rings. The van der Waals surface area contributed by atoms with E-state index in [0.29, 0.717) is 0 Å². The first-order valence-corrected chi connectivity index (χ1v) is 5.41. The summed E-state index contributed by atoms with van der Waals surface area (Å²) < 4.78 is 5.48. The monoisotopic (exact) mass is 186 g/mol. The number of hydrogen-bond acceptors (Lipinski definition) is 2. The Labute approximate surface area is 81.3 Å². The minimum Gasteiger partial charge on any atom is -0.390 e. The van der Waals surface area contributed by atoms with Gasteiger partial charge >= 0.3 is 0 Å². The van der Waals surface area contributed by atoms with E-state index in [2.05, 4.69) is 13.8 Å². The molecule has 78 valence electrons. The van der Waals surface area contributed by atoms with Crippen LogP contribution in [0.3, 0.4) is 0 Å². The van der Waals surface area contributed by atoms with E-state index in [1.807, 2.05) is 0 Å². The molecule has 0 aromatic carbocycles. The van der Waals surface area contributed by atoms with Crippen LogP contribution in [0.4, 0.5) is 0 Å². The molecule has 0 amide bonds. The van der Waals surface area contributed by atoms with Crippen molar-refractivity contribution in [2.75, 3.05) is 7.11 Å². The zero-order valence-electron chi connectivity index (χ0n) is 9.05. The third-order valence-electron chi connectivity index (χ3n) is 3.46. The van der Waals surface area contributed by atoms with Gasteiger partial charge in [0.1, 0.15) is 0 Å². The molecule has 2 heteroatoms. The zero-order valence-corrected chi connectivity index (χ0v) is 9.05. The molecular weight excluding hydrogens is 164 g/mol. The summed E-state index contributed by atoms with van der Waals surface area (Å²) in [6.45, 7) is 4.17. The standard InChI is InChI=1S/C11H22O2/c1-4-11(5-2,13-3)10(12)8-9-6-7-9/h9-10,12H,4-8H2,1-3H3. The molecular formula is C11H22O2. The van der Waals surface area contributed by atoms with E-state index in [1.54, 1.807) is 7.11 Å². The second kappa shape index (κ2) is 4.43. The van der Waals surface area contributed by atoms with Crippen LogP contribution < -0.4 is 0 Å². The number of hydrogen-bond donors (Lipinski definition) is 1. The molecule has 0 aromatic heterocycles. The van der Waals surface area contributed by atoms with Gasteiger partial charge in [0.05, 0.1) is 11.7 Å². The van der Waals surface area contributed by atoms with Gasteiger partial charge in [-0.05, 0) is 25.2 Å². The Hall–Kier alpha value is -0.0800. The van der Waals surface area contributed by atoms with E-state index in [-0.39, 0.29) is 11.7 Å². The average Bonchev–Trinajstić information content (AvgIpc) is 2.92. The molecule has 1 unspecified atom stereocenters. The molecule has 0 radical (unpaired) electrons. The normalized spacial score (nSPS) is 20.3. The highest BCUT2D eigenvalue weighted by Crippen LogP contribution is 2.38. The molecule has 13 heavy (non-hydrogen) atoms. The van der Waals surface area contributed by atoms with Gasteiger partial charge in [0.25, 0.3) is 0 Å². The van der Waals surface area contributed by atoms with Crippen molar-refractivity contribution < 1.29 is 9.84 Å². The summed E-state index contributed by atoms with van der Waals surface area (Å²) in [5.41, 5.74) is -0.289. The summed E-state index contributed by atoms with van der Waals surface area (Å²) in [5, 5.41) is 10.0. The Morgan fingerprint density at radius 2 is 1.92 bits per heavy atom. The Bertz CT molecular complexity index is 140. The Morgan fingerprint density at radius 1 is 1.38 bits per heavy atom. The molecule has 1 saturated carbocycles. The van der Waals surface area contributed by atoms with Crippen LogP contribution in [-0.2, 0) is 4.74 Å². The maximum absolute atomic E-state index is 10.0. The number of methoxy groups -OCH3 is 1. The highest BCUT2D eigenvalue weighted by Gasteiger charge is 2.38. The lowest BCUT2D eigenvalue weighted by atomic mass is 9.87. The lowest BCUT2D eigenvalue weighted by Gasteiger charge is -2.35. The maximum atomic E-state index is 10.0. The van der Waals surface area contributed by atoms with Crippen LogP contribution in [0.5, 0.6) is 0 Å². The summed E-state index contributed by atoms with van der Waals surface area (Å²) in [4.78, 5) is 0. The van der Waals surface area contributed by atoms with E-state index in [0.717, 1.165) is 25.2 Å². The first-order chi connectivity index (χ1) is 6.18. The zero-order chi connectivity index (χ0) is 9.90. The fourth-order valence-corrected chi connectivity index (χ4v) is 2.03. The molecule has 1 N–H and O–H groups in total. The second-order valence-electron chi connectivity index (χ2n) is 4.17. The predicted octanol–water partition coefficient (Wildman–Crippen LogP) is 2.35. The smallest absolute Gasteiger partial charge is 0.0931 e. The van der Waals surface area contributed by atoms with Crippen LogP contribution in [0.15, 0.2) is 0 Å². The van der Waals surface area contributed by atoms with Crippen LogP contribution in [0.1, 0.15) is 46.0 Å². The predicted molar refractivity (Wildman–Crippen MR) is 53.7 cm³/mol. The Kier molecular flexibility index (Phi) is 3.74. The first kappa shape index (κ1) is 11.0. The molecule has 0 aromatic rings. The van der Waals surface area contributed by atoms with Crippen LogP contribution in [0, 0.1) is 5.92 Å². The van der Waals surface area contributed by atoms with Gasteiger partial charge in [0, 0.05) is 7.11 Å². The SMILES string of the molecule is CCC(CC)(OC)C(O)CC1CC1. The number of aliphatic hydroxyl groups excluding tert-OH is 1. The van der Waals surface area contributed by atoms with Gasteiger partial charge in [-0.3, -0.25) is 0 Å². The summed E-state index contributed by atoms with van der Waals surface area (Å²) in [5.74, 6) is 0.766. The van der Waals surface area contributed by atoms with Gasteiger partial charge in [0.15, 0.2) is 0 Å². The van der Waals surface area contributed by atoms with Crippen molar-refractivity contribution in [2.24, 2.45) is 5.92 Å². The third kappa shape index (κ3) is 2.44. The number of ether oxygens (including phenoxy) is 1. The Balaban J connectivity index is 2.49. The maximum Gasteiger partial charge on any atom is 0.0931 e. The van der Waals surface area contributed by atoms with Crippen LogP contribution in [0.2, 0.25) is 0 Å². The van der Waals surface area contributed by atoms with Crippen molar-refractivity contribution in [1.29, 1.82) is 0 Å². The van der Waals surface area contributed by atoms with Gasteiger partial charge in [0.2, 0.25) is 0 Å². The van der Waals surface area contributed by atoms with Crippen molar-refractivity contribution in [1.82, 2.24) is 0 Å². The van der Waals surface area contributed by atoms with E-state index in [9.17, 15) is 5.11 Å². The summed E-state index contributed by atoms with van der Waals surface area (Å²) in [6, 6.07) is 0. The highest BCUT2D eigenvalue weighted by atomic mass is 16.5. The minimum absolute atomic E-state index is 0.278. The fourth-order valence-electron chi connectivity index (χ4n) is 2.03. The number of aliphatic hydroxyl groups is 1. The molecule has 0 saturated heterocycles. The van der Waals surface area contributed by atoms with Gasteiger partial charge < -0.3 is 9.84 Å². The topological polar surface area (TPSA) is 29.5 Å². The Morgan fingerprint density at radius 3 is 2.23 bits per heavy atom. The number of rotatable bonds is 6. The molecule has 2 nitrogen and oxygen atoms in total. The fraction of sp³-hybridized carbons (Fsp3) is 1.00. The summed E-state index contributed by atoms with van der Waals surface area (Å²) >= 11 is 0.